The smallest absolute Gasteiger partial charge is 0.149 e. The van der Waals surface area contributed by atoms with Crippen molar-refractivity contribution >= 4 is 20.6 Å². The van der Waals surface area contributed by atoms with E-state index in [1.807, 2.05) is 6.07 Å². The van der Waals surface area contributed by atoms with Crippen molar-refractivity contribution in [2.75, 3.05) is 0 Å². The minimum Gasteiger partial charge on any atom is -0.326 e. The third kappa shape index (κ3) is 5.78. The molecule has 0 rings (SSSR count). The van der Waals surface area contributed by atoms with E-state index < -0.39 is 5.56 Å². The van der Waals surface area contributed by atoms with E-state index in [9.17, 15) is 0 Å². The van der Waals surface area contributed by atoms with Gasteiger partial charge in [0.2, 0.25) is 0 Å². The number of nitriles is 1. The largest absolute Gasteiger partial charge is 0.326 e. The van der Waals surface area contributed by atoms with Crippen LogP contribution in [-0.4, -0.2) is 22.3 Å². The Morgan fingerprint density at radius 1 is 1.36 bits per heavy atom. The molecule has 0 aliphatic rings. The van der Waals surface area contributed by atoms with E-state index in [1.165, 1.54) is 0 Å². The SMILES string of the molecule is CC(C)N(POC(Cl)CC#N)C(C)C. The highest BCUT2D eigenvalue weighted by molar-refractivity contribution is 7.29. The van der Waals surface area contributed by atoms with Crippen LogP contribution in [0.5, 0.6) is 0 Å². The van der Waals surface area contributed by atoms with Crippen molar-refractivity contribution in [3.05, 3.63) is 0 Å². The lowest BCUT2D eigenvalue weighted by Gasteiger charge is -2.29. The van der Waals surface area contributed by atoms with Crippen molar-refractivity contribution in [1.29, 1.82) is 5.26 Å². The molecule has 2 atom stereocenters. The monoisotopic (exact) mass is 236 g/mol. The molecule has 0 aromatic rings. The van der Waals surface area contributed by atoms with Gasteiger partial charge in [-0.15, -0.1) is 0 Å². The Labute approximate surface area is 93.3 Å². The van der Waals surface area contributed by atoms with Crippen LogP contribution >= 0.6 is 20.6 Å². The van der Waals surface area contributed by atoms with E-state index in [-0.39, 0.29) is 15.4 Å². The zero-order valence-corrected chi connectivity index (χ0v) is 10.9. The molecule has 0 N–H and O–H groups in total. The zero-order chi connectivity index (χ0) is 11.1. The molecular formula is C9H18ClN2OP. The molecule has 0 amide bonds. The van der Waals surface area contributed by atoms with E-state index in [1.54, 1.807) is 0 Å². The van der Waals surface area contributed by atoms with Gasteiger partial charge in [0.05, 0.1) is 21.4 Å². The molecule has 0 spiro atoms. The predicted octanol–water partition coefficient (Wildman–Crippen LogP) is 3.11. The van der Waals surface area contributed by atoms with Gasteiger partial charge in [-0.05, 0) is 27.7 Å². The zero-order valence-electron chi connectivity index (χ0n) is 9.12. The van der Waals surface area contributed by atoms with Gasteiger partial charge in [0, 0.05) is 12.1 Å². The van der Waals surface area contributed by atoms with Gasteiger partial charge in [0.1, 0.15) is 5.56 Å². The number of rotatable bonds is 6. The highest BCUT2D eigenvalue weighted by atomic mass is 35.5. The Kier molecular flexibility index (Phi) is 7.49. The van der Waals surface area contributed by atoms with Gasteiger partial charge in [0.15, 0.2) is 0 Å². The lowest BCUT2D eigenvalue weighted by molar-refractivity contribution is 0.253. The Hall–Kier alpha value is 0.130. The quantitative estimate of drug-likeness (QED) is 0.525. The van der Waals surface area contributed by atoms with Crippen LogP contribution in [-0.2, 0) is 4.52 Å². The van der Waals surface area contributed by atoms with Crippen molar-refractivity contribution in [3.63, 3.8) is 0 Å². The topological polar surface area (TPSA) is 36.3 Å². The molecule has 0 aliphatic heterocycles. The van der Waals surface area contributed by atoms with Crippen molar-refractivity contribution in [2.45, 2.75) is 51.8 Å². The summed E-state index contributed by atoms with van der Waals surface area (Å²) in [4.78, 5) is 0. The number of alkyl halides is 1. The van der Waals surface area contributed by atoms with Gasteiger partial charge in [-0.3, -0.25) is 4.67 Å². The molecule has 0 aromatic heterocycles. The molecule has 2 unspecified atom stereocenters. The number of hydrogen-bond acceptors (Lipinski definition) is 3. The molecule has 0 aliphatic carbocycles. The Bertz CT molecular complexity index is 186. The summed E-state index contributed by atoms with van der Waals surface area (Å²) >= 11 is 5.77. The second-order valence-corrected chi connectivity index (χ2v) is 5.00. The summed E-state index contributed by atoms with van der Waals surface area (Å²) in [5.74, 6) is 0. The van der Waals surface area contributed by atoms with Crippen molar-refractivity contribution < 1.29 is 4.52 Å². The molecule has 3 nitrogen and oxygen atoms in total. The molecule has 0 bridgehead atoms. The van der Waals surface area contributed by atoms with Crippen LogP contribution in [0.2, 0.25) is 0 Å². The number of hydrogen-bond donors (Lipinski definition) is 0. The van der Waals surface area contributed by atoms with Gasteiger partial charge in [0.25, 0.3) is 0 Å². The fraction of sp³-hybridized carbons (Fsp3) is 0.889. The van der Waals surface area contributed by atoms with Crippen LogP contribution in [0.4, 0.5) is 0 Å². The Balaban J connectivity index is 3.89. The fourth-order valence-electron chi connectivity index (χ4n) is 1.04. The summed E-state index contributed by atoms with van der Waals surface area (Å²) in [6.07, 6.45) is 0.235. The molecule has 0 saturated heterocycles. The standard InChI is InChI=1S/C9H18ClN2OP/c1-7(2)12(8(3)4)14-13-9(10)5-6-11/h7-9,14H,5H2,1-4H3. The minimum atomic E-state index is -0.488. The molecule has 82 valence electrons. The molecule has 0 aromatic carbocycles. The van der Waals surface area contributed by atoms with Crippen LogP contribution in [0.3, 0.4) is 0 Å². The highest BCUT2D eigenvalue weighted by Crippen LogP contribution is 2.28. The van der Waals surface area contributed by atoms with E-state index in [4.69, 9.17) is 21.4 Å². The third-order valence-electron chi connectivity index (χ3n) is 1.65. The normalized spacial score (nSPS) is 14.5. The van der Waals surface area contributed by atoms with Gasteiger partial charge >= 0.3 is 0 Å². The molecule has 0 fully saturated rings. The Morgan fingerprint density at radius 2 is 1.86 bits per heavy atom. The number of nitrogens with zero attached hydrogens (tertiary/aromatic N) is 2. The van der Waals surface area contributed by atoms with Gasteiger partial charge < -0.3 is 4.52 Å². The van der Waals surface area contributed by atoms with E-state index >= 15 is 0 Å². The lowest BCUT2D eigenvalue weighted by atomic mass is 10.3. The summed E-state index contributed by atoms with van der Waals surface area (Å²) in [6, 6.07) is 2.84. The van der Waals surface area contributed by atoms with E-state index in [0.717, 1.165) is 0 Å². The van der Waals surface area contributed by atoms with Gasteiger partial charge in [-0.25, -0.2) is 0 Å². The molecule has 0 saturated carbocycles. The third-order valence-corrected chi connectivity index (χ3v) is 3.68. The summed E-state index contributed by atoms with van der Waals surface area (Å²) in [5.41, 5.74) is -0.488. The lowest BCUT2D eigenvalue weighted by Crippen LogP contribution is -2.30. The summed E-state index contributed by atoms with van der Waals surface area (Å²) < 4.78 is 7.56. The molecule has 14 heavy (non-hydrogen) atoms. The van der Waals surface area contributed by atoms with Gasteiger partial charge in [-0.1, -0.05) is 11.6 Å². The molecule has 0 radical (unpaired) electrons. The number of halogens is 1. The highest BCUT2D eigenvalue weighted by Gasteiger charge is 2.15. The summed E-state index contributed by atoms with van der Waals surface area (Å²) in [5, 5.41) is 8.40. The maximum Gasteiger partial charge on any atom is 0.149 e. The van der Waals surface area contributed by atoms with Crippen LogP contribution < -0.4 is 0 Å². The second-order valence-electron chi connectivity index (χ2n) is 3.58. The van der Waals surface area contributed by atoms with Crippen LogP contribution in [0.15, 0.2) is 0 Å². The average molecular weight is 237 g/mol. The first-order valence-corrected chi connectivity index (χ1v) is 5.98. The van der Waals surface area contributed by atoms with Crippen molar-refractivity contribution in [2.24, 2.45) is 0 Å². The second kappa shape index (κ2) is 7.43. The molecule has 5 heteroatoms. The van der Waals surface area contributed by atoms with Crippen molar-refractivity contribution in [3.8, 4) is 6.07 Å². The average Bonchev–Trinajstić information content (AvgIpc) is 2.03. The first kappa shape index (κ1) is 14.1. The molecular weight excluding hydrogens is 219 g/mol. The predicted molar refractivity (Wildman–Crippen MR) is 61.4 cm³/mol. The molecule has 0 heterocycles. The van der Waals surface area contributed by atoms with Crippen LogP contribution in [0, 0.1) is 11.3 Å². The first-order chi connectivity index (χ1) is 6.49. The summed E-state index contributed by atoms with van der Waals surface area (Å²) in [7, 11) is 0.224. The Morgan fingerprint density at radius 3 is 2.21 bits per heavy atom. The van der Waals surface area contributed by atoms with Crippen LogP contribution in [0.25, 0.3) is 0 Å². The van der Waals surface area contributed by atoms with E-state index in [0.29, 0.717) is 12.1 Å². The van der Waals surface area contributed by atoms with Crippen molar-refractivity contribution in [1.82, 2.24) is 4.67 Å². The summed E-state index contributed by atoms with van der Waals surface area (Å²) in [6.45, 7) is 8.46. The maximum absolute atomic E-state index is 8.40. The maximum atomic E-state index is 8.40. The van der Waals surface area contributed by atoms with Crippen LogP contribution in [0.1, 0.15) is 34.1 Å². The minimum absolute atomic E-state index is 0.224. The first-order valence-electron chi connectivity index (χ1n) is 4.69. The fourth-order valence-corrected chi connectivity index (χ4v) is 1.97. The van der Waals surface area contributed by atoms with E-state index in [2.05, 4.69) is 32.4 Å². The van der Waals surface area contributed by atoms with Gasteiger partial charge in [-0.2, -0.15) is 5.26 Å².